The zero-order chi connectivity index (χ0) is 22.9. The van der Waals surface area contributed by atoms with E-state index in [1.807, 2.05) is 30.3 Å². The van der Waals surface area contributed by atoms with Crippen LogP contribution < -0.4 is 16.8 Å². The van der Waals surface area contributed by atoms with E-state index >= 15 is 0 Å². The summed E-state index contributed by atoms with van der Waals surface area (Å²) in [4.78, 5) is 59.8. The van der Waals surface area contributed by atoms with Crippen molar-refractivity contribution in [2.75, 3.05) is 6.54 Å². The minimum atomic E-state index is -2.01. The van der Waals surface area contributed by atoms with Gasteiger partial charge in [0.25, 0.3) is 5.91 Å². The molecule has 2 fully saturated rings. The van der Waals surface area contributed by atoms with Gasteiger partial charge in [-0.1, -0.05) is 30.3 Å². The number of rotatable bonds is 7. The first kappa shape index (κ1) is 21.7. The van der Waals surface area contributed by atoms with Gasteiger partial charge in [0.15, 0.2) is 11.3 Å². The van der Waals surface area contributed by atoms with Crippen LogP contribution in [0.5, 0.6) is 0 Å². The summed E-state index contributed by atoms with van der Waals surface area (Å²) in [6.07, 6.45) is 3.88. The Hall–Kier alpha value is -3.53. The van der Waals surface area contributed by atoms with E-state index in [9.17, 15) is 19.2 Å². The van der Waals surface area contributed by atoms with Gasteiger partial charge in [-0.15, -0.1) is 0 Å². The molecule has 10 heteroatoms. The van der Waals surface area contributed by atoms with Gasteiger partial charge in [0.2, 0.25) is 11.8 Å². The van der Waals surface area contributed by atoms with E-state index in [1.165, 1.54) is 17.4 Å². The molecule has 4 atom stereocenters. The molecule has 0 spiro atoms. The van der Waals surface area contributed by atoms with Crippen LogP contribution in [-0.2, 0) is 25.6 Å². The molecular weight excluding hydrogens is 412 g/mol. The molecule has 0 saturated carbocycles. The van der Waals surface area contributed by atoms with Crippen LogP contribution in [0.25, 0.3) is 0 Å². The van der Waals surface area contributed by atoms with Crippen molar-refractivity contribution in [2.24, 2.45) is 11.5 Å². The van der Waals surface area contributed by atoms with Crippen molar-refractivity contribution in [2.45, 2.75) is 49.2 Å². The molecule has 1 aromatic heterocycles. The Morgan fingerprint density at radius 1 is 1.22 bits per heavy atom. The normalized spacial score (nSPS) is 24.7. The molecule has 0 radical (unpaired) electrons. The van der Waals surface area contributed by atoms with Gasteiger partial charge in [-0.25, -0.2) is 4.98 Å². The molecular formula is C22H26N6O4. The number of carbonyl (C=O) groups is 4. The number of benzene rings is 1. The molecule has 2 aliphatic heterocycles. The summed E-state index contributed by atoms with van der Waals surface area (Å²) in [5.41, 5.74) is 11.4. The molecule has 0 bridgehead atoms. The first-order chi connectivity index (χ1) is 15.3. The van der Waals surface area contributed by atoms with E-state index in [4.69, 9.17) is 11.5 Å². The van der Waals surface area contributed by atoms with Crippen molar-refractivity contribution in [3.63, 3.8) is 0 Å². The van der Waals surface area contributed by atoms with E-state index in [-0.39, 0.29) is 25.3 Å². The fourth-order valence-electron chi connectivity index (χ4n) is 4.70. The maximum Gasteiger partial charge on any atom is 0.251 e. The van der Waals surface area contributed by atoms with Crippen molar-refractivity contribution in [1.29, 1.82) is 0 Å². The lowest BCUT2D eigenvalue weighted by Crippen LogP contribution is -2.67. The SMILES string of the molecule is NC(=O)[C@@H]1CCCN1C(=O)[C@@](N)(Cc1cnc[nH]1)C(=O)[C@H]1NC(=O)C[C@@H]1c1ccccc1. The van der Waals surface area contributed by atoms with E-state index in [1.54, 1.807) is 0 Å². The van der Waals surface area contributed by atoms with Gasteiger partial charge < -0.3 is 26.7 Å². The largest absolute Gasteiger partial charge is 0.368 e. The zero-order valence-electron chi connectivity index (χ0n) is 17.5. The van der Waals surface area contributed by atoms with Crippen molar-refractivity contribution < 1.29 is 19.2 Å². The van der Waals surface area contributed by atoms with Gasteiger partial charge in [-0.2, -0.15) is 0 Å². The monoisotopic (exact) mass is 438 g/mol. The fourth-order valence-corrected chi connectivity index (χ4v) is 4.70. The number of likely N-dealkylation sites (tertiary alicyclic amines) is 1. The predicted molar refractivity (Wildman–Crippen MR) is 114 cm³/mol. The molecule has 10 nitrogen and oxygen atoms in total. The second-order valence-corrected chi connectivity index (χ2v) is 8.41. The summed E-state index contributed by atoms with van der Waals surface area (Å²) in [5.74, 6) is -2.66. The number of carbonyl (C=O) groups excluding carboxylic acids is 4. The number of primary amides is 1. The molecule has 32 heavy (non-hydrogen) atoms. The molecule has 168 valence electrons. The quantitative estimate of drug-likeness (QED) is 0.420. The van der Waals surface area contributed by atoms with Crippen LogP contribution in [0.4, 0.5) is 0 Å². The number of aromatic nitrogens is 2. The number of aromatic amines is 1. The van der Waals surface area contributed by atoms with E-state index in [0.717, 1.165) is 5.56 Å². The highest BCUT2D eigenvalue weighted by molar-refractivity contribution is 6.15. The average Bonchev–Trinajstić information content (AvgIpc) is 3.54. The fraction of sp³-hybridized carbons (Fsp3) is 0.409. The number of nitrogens with one attached hydrogen (secondary N) is 2. The van der Waals surface area contributed by atoms with Crippen molar-refractivity contribution in [1.82, 2.24) is 20.2 Å². The summed E-state index contributed by atoms with van der Waals surface area (Å²) in [6, 6.07) is 7.38. The standard InChI is InChI=1S/C22H26N6O4/c23-20(31)16-7-4-8-28(16)21(32)22(24,10-14-11-25-12-26-14)19(30)18-15(9-17(29)27-18)13-5-2-1-3-6-13/h1-3,5-6,11-12,15-16,18H,4,7-10,24H2,(H2,23,31)(H,25,26)(H,27,29)/t15-,16+,18+,22-/m1/s1. The third-order valence-electron chi connectivity index (χ3n) is 6.32. The lowest BCUT2D eigenvalue weighted by Gasteiger charge is -2.35. The van der Waals surface area contributed by atoms with Gasteiger partial charge in [0, 0.05) is 37.2 Å². The summed E-state index contributed by atoms with van der Waals surface area (Å²) in [6.45, 7) is 0.279. The third kappa shape index (κ3) is 3.89. The lowest BCUT2D eigenvalue weighted by atomic mass is 9.79. The maximum atomic E-state index is 13.9. The number of nitrogens with two attached hydrogens (primary N) is 2. The van der Waals surface area contributed by atoms with Crippen LogP contribution in [-0.4, -0.2) is 62.5 Å². The zero-order valence-corrected chi connectivity index (χ0v) is 17.5. The first-order valence-corrected chi connectivity index (χ1v) is 10.6. The number of hydrogen-bond donors (Lipinski definition) is 4. The predicted octanol–water partition coefficient (Wildman–Crippen LogP) is -0.633. The highest BCUT2D eigenvalue weighted by Crippen LogP contribution is 2.33. The number of hydrogen-bond acceptors (Lipinski definition) is 6. The van der Waals surface area contributed by atoms with Crippen LogP contribution in [0.15, 0.2) is 42.9 Å². The molecule has 3 amide bonds. The van der Waals surface area contributed by atoms with Gasteiger partial charge in [-0.05, 0) is 18.4 Å². The van der Waals surface area contributed by atoms with Gasteiger partial charge in [0.05, 0.1) is 12.4 Å². The van der Waals surface area contributed by atoms with Crippen LogP contribution in [0.1, 0.15) is 36.4 Å². The number of amides is 3. The number of H-pyrrole nitrogens is 1. The van der Waals surface area contributed by atoms with Crippen molar-refractivity contribution in [3.05, 3.63) is 54.1 Å². The third-order valence-corrected chi connectivity index (χ3v) is 6.32. The smallest absolute Gasteiger partial charge is 0.251 e. The maximum absolute atomic E-state index is 13.9. The van der Waals surface area contributed by atoms with E-state index < -0.39 is 41.1 Å². The Labute approximate surface area is 184 Å². The lowest BCUT2D eigenvalue weighted by molar-refractivity contribution is -0.147. The second-order valence-electron chi connectivity index (χ2n) is 8.41. The number of ketones is 1. The van der Waals surface area contributed by atoms with Crippen molar-refractivity contribution >= 4 is 23.5 Å². The Kier molecular flexibility index (Phi) is 5.79. The van der Waals surface area contributed by atoms with Crippen LogP contribution in [0.2, 0.25) is 0 Å². The topological polar surface area (TPSA) is 164 Å². The molecule has 6 N–H and O–H groups in total. The number of imidazole rings is 1. The average molecular weight is 438 g/mol. The summed E-state index contributed by atoms with van der Waals surface area (Å²) >= 11 is 0. The van der Waals surface area contributed by atoms with Gasteiger partial charge in [0.1, 0.15) is 6.04 Å². The highest BCUT2D eigenvalue weighted by atomic mass is 16.2. The Balaban J connectivity index is 1.71. The summed E-state index contributed by atoms with van der Waals surface area (Å²) < 4.78 is 0. The van der Waals surface area contributed by atoms with Crippen LogP contribution >= 0.6 is 0 Å². The molecule has 4 rings (SSSR count). The minimum Gasteiger partial charge on any atom is -0.368 e. The Morgan fingerprint density at radius 2 is 1.97 bits per heavy atom. The molecule has 3 heterocycles. The molecule has 0 unspecified atom stereocenters. The molecule has 2 aliphatic rings. The molecule has 1 aromatic carbocycles. The number of nitrogens with zero attached hydrogens (tertiary/aromatic N) is 2. The van der Waals surface area contributed by atoms with Crippen molar-refractivity contribution in [3.8, 4) is 0 Å². The number of Topliss-reactive ketones (excluding diaryl/α,β-unsaturated/α-hetero) is 1. The van der Waals surface area contributed by atoms with Gasteiger partial charge >= 0.3 is 0 Å². The van der Waals surface area contributed by atoms with Crippen LogP contribution in [0.3, 0.4) is 0 Å². The Bertz CT molecular complexity index is 1020. The Morgan fingerprint density at radius 3 is 2.62 bits per heavy atom. The van der Waals surface area contributed by atoms with E-state index in [2.05, 4.69) is 15.3 Å². The summed E-state index contributed by atoms with van der Waals surface area (Å²) in [7, 11) is 0. The summed E-state index contributed by atoms with van der Waals surface area (Å²) in [5, 5.41) is 2.71. The van der Waals surface area contributed by atoms with Gasteiger partial charge in [-0.3, -0.25) is 19.2 Å². The minimum absolute atomic E-state index is 0.113. The second kappa shape index (κ2) is 8.54. The molecule has 2 aromatic rings. The first-order valence-electron chi connectivity index (χ1n) is 10.6. The highest BCUT2D eigenvalue weighted by Gasteiger charge is 2.53. The van der Waals surface area contributed by atoms with E-state index in [0.29, 0.717) is 18.5 Å². The molecule has 2 saturated heterocycles. The molecule has 0 aliphatic carbocycles. The van der Waals surface area contributed by atoms with Crippen LogP contribution in [0, 0.1) is 0 Å².